The Morgan fingerprint density at radius 2 is 1.80 bits per heavy atom. The first kappa shape index (κ1) is 12.7. The number of fused-ring (bicyclic) bond motifs is 1. The number of hydrogen-bond donors (Lipinski definition) is 1. The molecule has 0 aliphatic rings. The minimum atomic E-state index is 0.870. The van der Waals surface area contributed by atoms with Crippen molar-refractivity contribution in [1.29, 1.82) is 0 Å². The van der Waals surface area contributed by atoms with Crippen molar-refractivity contribution in [2.45, 2.75) is 19.8 Å². The van der Waals surface area contributed by atoms with Gasteiger partial charge >= 0.3 is 0 Å². The number of nitrogens with one attached hydrogen (secondary N) is 1. The third kappa shape index (κ3) is 2.39. The van der Waals surface area contributed by atoms with Gasteiger partial charge in [0.15, 0.2) is 0 Å². The lowest BCUT2D eigenvalue weighted by Gasteiger charge is -2.07. The first-order valence-corrected chi connectivity index (χ1v) is 7.05. The molecule has 0 unspecified atom stereocenters. The molecule has 1 heterocycles. The smallest absolute Gasteiger partial charge is 0.208 e. The fourth-order valence-corrected chi connectivity index (χ4v) is 2.43. The Kier molecular flexibility index (Phi) is 3.42. The van der Waals surface area contributed by atoms with Gasteiger partial charge in [-0.05, 0) is 36.2 Å². The lowest BCUT2D eigenvalue weighted by atomic mass is 10.1. The fourth-order valence-electron chi connectivity index (χ4n) is 2.43. The van der Waals surface area contributed by atoms with Crippen LogP contribution in [-0.2, 0) is 13.5 Å². The molecule has 0 saturated heterocycles. The minimum Gasteiger partial charge on any atom is -0.326 e. The third-order valence-corrected chi connectivity index (χ3v) is 3.54. The maximum atomic E-state index is 4.62. The van der Waals surface area contributed by atoms with Crippen LogP contribution in [-0.4, -0.2) is 9.55 Å². The molecule has 0 saturated carbocycles. The van der Waals surface area contributed by atoms with Gasteiger partial charge in [-0.3, -0.25) is 0 Å². The lowest BCUT2D eigenvalue weighted by molar-refractivity contribution is 0.921. The topological polar surface area (TPSA) is 29.9 Å². The van der Waals surface area contributed by atoms with Crippen LogP contribution in [0, 0.1) is 0 Å². The van der Waals surface area contributed by atoms with Crippen molar-refractivity contribution in [1.82, 2.24) is 9.55 Å². The second kappa shape index (κ2) is 5.37. The van der Waals surface area contributed by atoms with E-state index in [0.717, 1.165) is 29.1 Å². The highest BCUT2D eigenvalue weighted by molar-refractivity contribution is 5.79. The normalized spacial score (nSPS) is 10.9. The van der Waals surface area contributed by atoms with Crippen molar-refractivity contribution >= 4 is 22.7 Å². The monoisotopic (exact) mass is 265 g/mol. The summed E-state index contributed by atoms with van der Waals surface area (Å²) < 4.78 is 2.08. The average Bonchev–Trinajstić information content (AvgIpc) is 2.79. The molecule has 3 heteroatoms. The van der Waals surface area contributed by atoms with Gasteiger partial charge in [0.2, 0.25) is 5.95 Å². The van der Waals surface area contributed by atoms with Gasteiger partial charge in [-0.25, -0.2) is 4.98 Å². The summed E-state index contributed by atoms with van der Waals surface area (Å²) in [5.41, 5.74) is 4.60. The van der Waals surface area contributed by atoms with Crippen LogP contribution in [0.1, 0.15) is 18.9 Å². The van der Waals surface area contributed by atoms with Crippen molar-refractivity contribution in [2.75, 3.05) is 5.32 Å². The van der Waals surface area contributed by atoms with E-state index >= 15 is 0 Å². The van der Waals surface area contributed by atoms with Gasteiger partial charge in [-0.15, -0.1) is 0 Å². The molecule has 3 nitrogen and oxygen atoms in total. The highest BCUT2D eigenvalue weighted by Crippen LogP contribution is 2.21. The lowest BCUT2D eigenvalue weighted by Crippen LogP contribution is -1.99. The number of nitrogens with zero attached hydrogens (tertiary/aromatic N) is 2. The number of rotatable bonds is 4. The summed E-state index contributed by atoms with van der Waals surface area (Å²) in [5.74, 6) is 0.870. The molecule has 0 amide bonds. The molecule has 0 aliphatic carbocycles. The van der Waals surface area contributed by atoms with Crippen LogP contribution in [0.5, 0.6) is 0 Å². The van der Waals surface area contributed by atoms with Crippen LogP contribution in [0.4, 0.5) is 11.6 Å². The van der Waals surface area contributed by atoms with Gasteiger partial charge in [-0.1, -0.05) is 37.6 Å². The number of hydrogen-bond acceptors (Lipinski definition) is 2. The van der Waals surface area contributed by atoms with Crippen LogP contribution in [0.2, 0.25) is 0 Å². The summed E-state index contributed by atoms with van der Waals surface area (Å²) in [6.45, 7) is 2.20. The Balaban J connectivity index is 1.87. The Hall–Kier alpha value is -2.29. The maximum Gasteiger partial charge on any atom is 0.208 e. The van der Waals surface area contributed by atoms with E-state index in [9.17, 15) is 0 Å². The van der Waals surface area contributed by atoms with Crippen molar-refractivity contribution in [3.8, 4) is 0 Å². The van der Waals surface area contributed by atoms with Crippen molar-refractivity contribution in [3.05, 3.63) is 54.1 Å². The molecular weight excluding hydrogens is 246 g/mol. The quantitative estimate of drug-likeness (QED) is 0.763. The second-order valence-electron chi connectivity index (χ2n) is 5.06. The number of aromatic nitrogens is 2. The van der Waals surface area contributed by atoms with Crippen LogP contribution < -0.4 is 5.32 Å². The van der Waals surface area contributed by atoms with Gasteiger partial charge in [0.1, 0.15) is 0 Å². The van der Waals surface area contributed by atoms with E-state index in [1.54, 1.807) is 0 Å². The second-order valence-corrected chi connectivity index (χ2v) is 5.06. The molecule has 3 rings (SSSR count). The van der Waals surface area contributed by atoms with Gasteiger partial charge in [-0.2, -0.15) is 0 Å². The van der Waals surface area contributed by atoms with E-state index in [1.807, 2.05) is 25.2 Å². The van der Waals surface area contributed by atoms with Gasteiger partial charge < -0.3 is 9.88 Å². The summed E-state index contributed by atoms with van der Waals surface area (Å²) in [6, 6.07) is 16.7. The molecule has 1 aromatic heterocycles. The van der Waals surface area contributed by atoms with Gasteiger partial charge in [0.25, 0.3) is 0 Å². The van der Waals surface area contributed by atoms with E-state index in [2.05, 4.69) is 52.1 Å². The highest BCUT2D eigenvalue weighted by Gasteiger charge is 2.06. The summed E-state index contributed by atoms with van der Waals surface area (Å²) in [7, 11) is 2.03. The number of anilines is 2. The first-order chi connectivity index (χ1) is 9.78. The molecule has 3 aromatic rings. The van der Waals surface area contributed by atoms with Crippen molar-refractivity contribution in [3.63, 3.8) is 0 Å². The SMILES string of the molecule is CCCc1ccc(Nc2nc3ccccc3n2C)cc1. The number of imidazole rings is 1. The highest BCUT2D eigenvalue weighted by atomic mass is 15.2. The first-order valence-electron chi connectivity index (χ1n) is 7.05. The summed E-state index contributed by atoms with van der Waals surface area (Å²) in [6.07, 6.45) is 2.31. The van der Waals surface area contributed by atoms with E-state index < -0.39 is 0 Å². The molecule has 102 valence electrons. The molecular formula is C17H19N3. The molecule has 0 aliphatic heterocycles. The van der Waals surface area contributed by atoms with Gasteiger partial charge in [0, 0.05) is 12.7 Å². The molecule has 1 N–H and O–H groups in total. The van der Waals surface area contributed by atoms with E-state index in [1.165, 1.54) is 12.0 Å². The largest absolute Gasteiger partial charge is 0.326 e. The molecule has 0 atom stereocenters. The predicted molar refractivity (Wildman–Crippen MR) is 84.4 cm³/mol. The fraction of sp³-hybridized carbons (Fsp3) is 0.235. The molecule has 0 radical (unpaired) electrons. The van der Waals surface area contributed by atoms with Crippen LogP contribution in [0.3, 0.4) is 0 Å². The van der Waals surface area contributed by atoms with E-state index in [-0.39, 0.29) is 0 Å². The van der Waals surface area contributed by atoms with E-state index in [0.29, 0.717) is 0 Å². The molecule has 0 fully saturated rings. The number of benzene rings is 2. The van der Waals surface area contributed by atoms with Gasteiger partial charge in [0.05, 0.1) is 11.0 Å². The zero-order chi connectivity index (χ0) is 13.9. The van der Waals surface area contributed by atoms with E-state index in [4.69, 9.17) is 0 Å². The summed E-state index contributed by atoms with van der Waals surface area (Å²) in [4.78, 5) is 4.62. The Morgan fingerprint density at radius 1 is 1.05 bits per heavy atom. The van der Waals surface area contributed by atoms with Crippen molar-refractivity contribution in [2.24, 2.45) is 7.05 Å². The van der Waals surface area contributed by atoms with Crippen LogP contribution in [0.25, 0.3) is 11.0 Å². The number of para-hydroxylation sites is 2. The van der Waals surface area contributed by atoms with Crippen molar-refractivity contribution < 1.29 is 0 Å². The zero-order valence-corrected chi connectivity index (χ0v) is 11.9. The molecule has 0 bridgehead atoms. The molecule has 20 heavy (non-hydrogen) atoms. The van der Waals surface area contributed by atoms with Crippen LogP contribution in [0.15, 0.2) is 48.5 Å². The molecule has 2 aromatic carbocycles. The van der Waals surface area contributed by atoms with Crippen LogP contribution >= 0.6 is 0 Å². The maximum absolute atomic E-state index is 4.62. The standard InChI is InChI=1S/C17H19N3/c1-3-6-13-9-11-14(12-10-13)18-17-19-15-7-4-5-8-16(15)20(17)2/h4-5,7-12H,3,6H2,1-2H3,(H,18,19). The zero-order valence-electron chi connectivity index (χ0n) is 11.9. The molecule has 0 spiro atoms. The number of aryl methyl sites for hydroxylation is 2. The Bertz CT molecular complexity index is 711. The minimum absolute atomic E-state index is 0.870. The summed E-state index contributed by atoms with van der Waals surface area (Å²) >= 11 is 0. The Labute approximate surface area is 119 Å². The average molecular weight is 265 g/mol. The Morgan fingerprint density at radius 3 is 2.50 bits per heavy atom. The predicted octanol–water partition coefficient (Wildman–Crippen LogP) is 4.27. The summed E-state index contributed by atoms with van der Waals surface area (Å²) in [5, 5.41) is 3.38. The third-order valence-electron chi connectivity index (χ3n) is 3.54.